The molecule has 0 fully saturated rings. The average Bonchev–Trinajstić information content (AvgIpc) is 2.82. The molecule has 1 aromatic heterocycles. The SMILES string of the molecule is FC(F)(F)Oc1ccc(-n2cnc3ccccc32)cc1. The summed E-state index contributed by atoms with van der Waals surface area (Å²) >= 11 is 0. The standard InChI is InChI=1S/C14H9F3N2O/c15-14(16,17)20-11-7-5-10(6-8-11)19-9-18-12-3-1-2-4-13(12)19/h1-9H. The van der Waals surface area contributed by atoms with Crippen molar-refractivity contribution in [3.05, 3.63) is 54.9 Å². The van der Waals surface area contributed by atoms with Crippen molar-refractivity contribution in [1.29, 1.82) is 0 Å². The molecular weight excluding hydrogens is 269 g/mol. The van der Waals surface area contributed by atoms with Crippen LogP contribution >= 0.6 is 0 Å². The van der Waals surface area contributed by atoms with Gasteiger partial charge in [-0.05, 0) is 36.4 Å². The highest BCUT2D eigenvalue weighted by molar-refractivity contribution is 5.77. The summed E-state index contributed by atoms with van der Waals surface area (Å²) in [7, 11) is 0. The molecule has 6 heteroatoms. The van der Waals surface area contributed by atoms with Gasteiger partial charge >= 0.3 is 6.36 Å². The van der Waals surface area contributed by atoms with Crippen molar-refractivity contribution in [1.82, 2.24) is 9.55 Å². The molecule has 0 radical (unpaired) electrons. The van der Waals surface area contributed by atoms with Crippen LogP contribution in [0, 0.1) is 0 Å². The molecule has 0 bridgehead atoms. The number of ether oxygens (including phenoxy) is 1. The van der Waals surface area contributed by atoms with Crippen LogP contribution in [0.3, 0.4) is 0 Å². The van der Waals surface area contributed by atoms with Gasteiger partial charge in [-0.1, -0.05) is 12.1 Å². The van der Waals surface area contributed by atoms with Crippen molar-refractivity contribution in [2.75, 3.05) is 0 Å². The fourth-order valence-electron chi connectivity index (χ4n) is 1.97. The number of para-hydroxylation sites is 2. The van der Waals surface area contributed by atoms with Crippen LogP contribution in [-0.2, 0) is 0 Å². The average molecular weight is 278 g/mol. The number of halogens is 3. The first kappa shape index (κ1) is 12.5. The van der Waals surface area contributed by atoms with Crippen LogP contribution in [0.1, 0.15) is 0 Å². The van der Waals surface area contributed by atoms with Crippen LogP contribution in [0.25, 0.3) is 16.7 Å². The second-order valence-corrected chi connectivity index (χ2v) is 4.14. The number of hydrogen-bond donors (Lipinski definition) is 0. The van der Waals surface area contributed by atoms with Gasteiger partial charge in [0, 0.05) is 5.69 Å². The van der Waals surface area contributed by atoms with E-state index in [9.17, 15) is 13.2 Å². The molecule has 3 nitrogen and oxygen atoms in total. The van der Waals surface area contributed by atoms with Crippen molar-refractivity contribution < 1.29 is 17.9 Å². The number of fused-ring (bicyclic) bond motifs is 1. The van der Waals surface area contributed by atoms with Gasteiger partial charge in [0.1, 0.15) is 12.1 Å². The zero-order valence-corrected chi connectivity index (χ0v) is 10.1. The van der Waals surface area contributed by atoms with E-state index in [1.165, 1.54) is 12.1 Å². The maximum absolute atomic E-state index is 12.1. The molecule has 20 heavy (non-hydrogen) atoms. The highest BCUT2D eigenvalue weighted by Gasteiger charge is 2.30. The third-order valence-electron chi connectivity index (χ3n) is 2.80. The first-order valence-corrected chi connectivity index (χ1v) is 5.81. The van der Waals surface area contributed by atoms with E-state index >= 15 is 0 Å². The Hall–Kier alpha value is -2.50. The molecule has 3 rings (SSSR count). The molecule has 0 aliphatic heterocycles. The molecule has 102 valence electrons. The van der Waals surface area contributed by atoms with Crippen LogP contribution in [0.5, 0.6) is 5.75 Å². The predicted octanol–water partition coefficient (Wildman–Crippen LogP) is 3.92. The summed E-state index contributed by atoms with van der Waals surface area (Å²) in [6.45, 7) is 0. The van der Waals surface area contributed by atoms with Crippen molar-refractivity contribution in [3.8, 4) is 11.4 Å². The lowest BCUT2D eigenvalue weighted by Crippen LogP contribution is -2.17. The third-order valence-corrected chi connectivity index (χ3v) is 2.80. The highest BCUT2D eigenvalue weighted by atomic mass is 19.4. The Kier molecular flexibility index (Phi) is 2.85. The van der Waals surface area contributed by atoms with E-state index < -0.39 is 6.36 Å². The molecule has 0 N–H and O–H groups in total. The summed E-state index contributed by atoms with van der Waals surface area (Å²) in [6.07, 6.45) is -3.05. The first-order valence-electron chi connectivity index (χ1n) is 5.81. The summed E-state index contributed by atoms with van der Waals surface area (Å²) in [4.78, 5) is 4.23. The minimum Gasteiger partial charge on any atom is -0.406 e. The smallest absolute Gasteiger partial charge is 0.406 e. The monoisotopic (exact) mass is 278 g/mol. The van der Waals surface area contributed by atoms with Gasteiger partial charge in [-0.25, -0.2) is 4.98 Å². The van der Waals surface area contributed by atoms with Gasteiger partial charge in [0.25, 0.3) is 0 Å². The van der Waals surface area contributed by atoms with Gasteiger partial charge in [-0.15, -0.1) is 13.2 Å². The summed E-state index contributed by atoms with van der Waals surface area (Å²) in [6, 6.07) is 13.2. The zero-order valence-electron chi connectivity index (χ0n) is 10.1. The molecule has 0 aliphatic rings. The number of aromatic nitrogens is 2. The molecule has 0 spiro atoms. The van der Waals surface area contributed by atoms with E-state index in [1.54, 1.807) is 23.0 Å². The minimum absolute atomic E-state index is 0.245. The summed E-state index contributed by atoms with van der Waals surface area (Å²) in [5.41, 5.74) is 2.42. The topological polar surface area (TPSA) is 27.1 Å². The number of benzene rings is 2. The molecule has 0 unspecified atom stereocenters. The van der Waals surface area contributed by atoms with Crippen LogP contribution < -0.4 is 4.74 Å². The van der Waals surface area contributed by atoms with E-state index in [4.69, 9.17) is 0 Å². The lowest BCUT2D eigenvalue weighted by molar-refractivity contribution is -0.274. The van der Waals surface area contributed by atoms with Gasteiger partial charge in [0.2, 0.25) is 0 Å². The van der Waals surface area contributed by atoms with Crippen molar-refractivity contribution >= 4 is 11.0 Å². The fourth-order valence-corrected chi connectivity index (χ4v) is 1.97. The van der Waals surface area contributed by atoms with Crippen LogP contribution in [0.15, 0.2) is 54.9 Å². The normalized spacial score (nSPS) is 11.8. The predicted molar refractivity (Wildman–Crippen MR) is 67.8 cm³/mol. The van der Waals surface area contributed by atoms with Gasteiger partial charge < -0.3 is 4.74 Å². The lowest BCUT2D eigenvalue weighted by atomic mass is 10.2. The van der Waals surface area contributed by atoms with Gasteiger partial charge in [-0.2, -0.15) is 0 Å². The van der Waals surface area contributed by atoms with Crippen LogP contribution in [0.4, 0.5) is 13.2 Å². The highest BCUT2D eigenvalue weighted by Crippen LogP contribution is 2.25. The van der Waals surface area contributed by atoms with Crippen LogP contribution in [0.2, 0.25) is 0 Å². The van der Waals surface area contributed by atoms with E-state index in [1.807, 2.05) is 24.3 Å². The second-order valence-electron chi connectivity index (χ2n) is 4.14. The van der Waals surface area contributed by atoms with Gasteiger partial charge in [-0.3, -0.25) is 4.57 Å². The minimum atomic E-state index is -4.68. The molecule has 0 aliphatic carbocycles. The number of imidazole rings is 1. The maximum Gasteiger partial charge on any atom is 0.573 e. The number of rotatable bonds is 2. The van der Waals surface area contributed by atoms with E-state index in [-0.39, 0.29) is 5.75 Å². The number of alkyl halides is 3. The van der Waals surface area contributed by atoms with Crippen LogP contribution in [-0.4, -0.2) is 15.9 Å². The van der Waals surface area contributed by atoms with E-state index in [0.717, 1.165) is 11.0 Å². The van der Waals surface area contributed by atoms with Crippen molar-refractivity contribution in [2.24, 2.45) is 0 Å². The fraction of sp³-hybridized carbons (Fsp3) is 0.0714. The Balaban J connectivity index is 1.95. The number of hydrogen-bond acceptors (Lipinski definition) is 2. The Morgan fingerprint density at radius 2 is 1.65 bits per heavy atom. The molecule has 0 atom stereocenters. The van der Waals surface area contributed by atoms with E-state index in [2.05, 4.69) is 9.72 Å². The molecule has 0 saturated carbocycles. The lowest BCUT2D eigenvalue weighted by Gasteiger charge is -2.10. The summed E-state index contributed by atoms with van der Waals surface area (Å²) in [5, 5.41) is 0. The Morgan fingerprint density at radius 3 is 2.35 bits per heavy atom. The van der Waals surface area contributed by atoms with Crippen molar-refractivity contribution in [2.45, 2.75) is 6.36 Å². The molecule has 3 aromatic rings. The molecule has 2 aromatic carbocycles. The van der Waals surface area contributed by atoms with Crippen molar-refractivity contribution in [3.63, 3.8) is 0 Å². The number of nitrogens with zero attached hydrogens (tertiary/aromatic N) is 2. The molecule has 0 amide bonds. The molecule has 0 saturated heterocycles. The van der Waals surface area contributed by atoms with E-state index in [0.29, 0.717) is 5.69 Å². The molecular formula is C14H9F3N2O. The largest absolute Gasteiger partial charge is 0.573 e. The Labute approximate surface area is 112 Å². The molecule has 1 heterocycles. The third kappa shape index (κ3) is 2.45. The van der Waals surface area contributed by atoms with Gasteiger partial charge in [0.15, 0.2) is 0 Å². The second kappa shape index (κ2) is 4.56. The Bertz CT molecular complexity index is 732. The Morgan fingerprint density at radius 1 is 0.950 bits per heavy atom. The van der Waals surface area contributed by atoms with Gasteiger partial charge in [0.05, 0.1) is 11.0 Å². The maximum atomic E-state index is 12.1. The summed E-state index contributed by atoms with van der Waals surface area (Å²) < 4.78 is 41.9. The quantitative estimate of drug-likeness (QED) is 0.710. The first-order chi connectivity index (χ1) is 9.53. The summed E-state index contributed by atoms with van der Waals surface area (Å²) in [5.74, 6) is -0.245. The zero-order chi connectivity index (χ0) is 14.2.